The maximum absolute atomic E-state index is 14.1. The number of hydrogen-bond acceptors (Lipinski definition) is 5. The number of phenols is 1. The summed E-state index contributed by atoms with van der Waals surface area (Å²) in [4.78, 5) is 44.8. The molecule has 2 aliphatic heterocycles. The minimum Gasteiger partial charge on any atom is -0.508 e. The number of hydrazine groups is 1. The first kappa shape index (κ1) is 27.2. The lowest BCUT2D eigenvalue weighted by atomic mass is 9.96. The van der Waals surface area contributed by atoms with Gasteiger partial charge >= 0.3 is 6.03 Å². The molecule has 0 bridgehead atoms. The highest BCUT2D eigenvalue weighted by molar-refractivity contribution is 5.92. The molecule has 0 saturated carbocycles. The number of aromatic hydroxyl groups is 1. The second-order valence-electron chi connectivity index (χ2n) is 10.2. The number of carbonyl (C=O) groups excluding carboxylic acids is 3. The van der Waals surface area contributed by atoms with Gasteiger partial charge in [0, 0.05) is 19.5 Å². The molecule has 3 aromatic carbocycles. The number of piperazine rings is 1. The second kappa shape index (κ2) is 11.8. The summed E-state index contributed by atoms with van der Waals surface area (Å²) in [5, 5.41) is 16.2. The van der Waals surface area contributed by atoms with Crippen LogP contribution in [-0.2, 0) is 22.6 Å². The van der Waals surface area contributed by atoms with Crippen molar-refractivity contribution < 1.29 is 19.5 Å². The minimum absolute atomic E-state index is 0.000641. The zero-order valence-electron chi connectivity index (χ0n) is 22.8. The highest BCUT2D eigenvalue weighted by atomic mass is 16.3. The number of fused-ring (bicyclic) bond motifs is 1. The molecule has 0 unspecified atom stereocenters. The summed E-state index contributed by atoms with van der Waals surface area (Å²) in [5.41, 5.74) is 2.75. The van der Waals surface area contributed by atoms with Crippen LogP contribution in [0.4, 0.5) is 4.79 Å². The normalized spacial score (nSPS) is 20.3. The smallest absolute Gasteiger partial charge is 0.334 e. The van der Waals surface area contributed by atoms with Crippen LogP contribution in [0.1, 0.15) is 36.6 Å². The topological polar surface area (TPSA) is 96.4 Å². The van der Waals surface area contributed by atoms with Crippen molar-refractivity contribution in [2.24, 2.45) is 0 Å². The van der Waals surface area contributed by atoms with Crippen molar-refractivity contribution in [2.45, 2.75) is 45.1 Å². The number of urea groups is 1. The first-order chi connectivity index (χ1) is 19.4. The molecule has 3 aromatic rings. The Kier molecular flexibility index (Phi) is 8.02. The van der Waals surface area contributed by atoms with E-state index >= 15 is 0 Å². The highest BCUT2D eigenvalue weighted by Crippen LogP contribution is 2.33. The van der Waals surface area contributed by atoms with Gasteiger partial charge in [0.15, 0.2) is 0 Å². The fourth-order valence-electron chi connectivity index (χ4n) is 5.59. The van der Waals surface area contributed by atoms with Gasteiger partial charge in [-0.05, 0) is 35.7 Å². The lowest BCUT2D eigenvalue weighted by molar-refractivity contribution is -0.191. The van der Waals surface area contributed by atoms with Crippen LogP contribution in [-0.4, -0.2) is 74.6 Å². The van der Waals surface area contributed by atoms with Crippen molar-refractivity contribution in [2.75, 3.05) is 19.6 Å². The highest BCUT2D eigenvalue weighted by Gasteiger charge is 2.52. The summed E-state index contributed by atoms with van der Waals surface area (Å²) in [5.74, 6) is -0.225. The lowest BCUT2D eigenvalue weighted by Crippen LogP contribution is -2.76. The van der Waals surface area contributed by atoms with E-state index in [1.54, 1.807) is 44.1 Å². The molecule has 40 heavy (non-hydrogen) atoms. The van der Waals surface area contributed by atoms with E-state index in [0.717, 1.165) is 16.7 Å². The maximum Gasteiger partial charge on any atom is 0.334 e. The number of nitrogens with one attached hydrogen (secondary N) is 1. The number of nitrogens with zero attached hydrogens (tertiary/aromatic N) is 4. The summed E-state index contributed by atoms with van der Waals surface area (Å²) in [7, 11) is 0. The molecule has 208 valence electrons. The Balaban J connectivity index is 1.50. The standard InChI is InChI=1S/C31H35N5O4/c1-3-33-21-29(38)35-27(18-23-14-16-26(37)17-15-23)30(39)34(22(2)25-12-8-5-9-13-25)20-28(35)36(33)31(40)32-19-24-10-6-4-7-11-24/h4-17,22,27-28,37H,3,18-21H2,1-2H3,(H,32,40)/t22-,27-,28-/m0/s1. The van der Waals surface area contributed by atoms with E-state index in [2.05, 4.69) is 5.32 Å². The molecule has 2 saturated heterocycles. The molecule has 9 nitrogen and oxygen atoms in total. The molecule has 2 heterocycles. The van der Waals surface area contributed by atoms with Gasteiger partial charge in [0.2, 0.25) is 11.8 Å². The largest absolute Gasteiger partial charge is 0.508 e. The van der Waals surface area contributed by atoms with Crippen LogP contribution >= 0.6 is 0 Å². The van der Waals surface area contributed by atoms with Crippen LogP contribution in [0.3, 0.4) is 0 Å². The summed E-state index contributed by atoms with van der Waals surface area (Å²) in [6, 6.07) is 24.7. The Hall–Kier alpha value is -4.37. The minimum atomic E-state index is -0.801. The van der Waals surface area contributed by atoms with E-state index in [-0.39, 0.29) is 49.1 Å². The van der Waals surface area contributed by atoms with Gasteiger partial charge in [-0.25, -0.2) is 14.8 Å². The average molecular weight is 542 g/mol. The third-order valence-corrected chi connectivity index (χ3v) is 7.75. The molecule has 4 amide bonds. The molecule has 2 N–H and O–H groups in total. The number of carbonyl (C=O) groups is 3. The van der Waals surface area contributed by atoms with Crippen LogP contribution in [0.25, 0.3) is 0 Å². The third-order valence-electron chi connectivity index (χ3n) is 7.75. The molecule has 5 rings (SSSR count). The van der Waals surface area contributed by atoms with Crippen molar-refractivity contribution in [3.63, 3.8) is 0 Å². The molecular formula is C31H35N5O4. The zero-order chi connectivity index (χ0) is 28.2. The Labute approximate surface area is 234 Å². The average Bonchev–Trinajstić information content (AvgIpc) is 2.98. The fourth-order valence-corrected chi connectivity index (χ4v) is 5.59. The van der Waals surface area contributed by atoms with Gasteiger partial charge in [-0.1, -0.05) is 79.7 Å². The zero-order valence-corrected chi connectivity index (χ0v) is 22.8. The number of likely N-dealkylation sites (N-methyl/N-ethyl adjacent to an activating group) is 1. The van der Waals surface area contributed by atoms with Gasteiger partial charge in [0.1, 0.15) is 18.0 Å². The van der Waals surface area contributed by atoms with Gasteiger partial charge in [0.25, 0.3) is 0 Å². The molecule has 9 heteroatoms. The predicted octanol–water partition coefficient (Wildman–Crippen LogP) is 3.52. The predicted molar refractivity (Wildman–Crippen MR) is 151 cm³/mol. The van der Waals surface area contributed by atoms with E-state index < -0.39 is 12.2 Å². The molecule has 0 radical (unpaired) electrons. The molecule has 2 aliphatic rings. The van der Waals surface area contributed by atoms with E-state index in [0.29, 0.717) is 13.1 Å². The van der Waals surface area contributed by atoms with Crippen molar-refractivity contribution in [3.05, 3.63) is 102 Å². The Bertz CT molecular complexity index is 1330. The Morgan fingerprint density at radius 1 is 0.950 bits per heavy atom. The van der Waals surface area contributed by atoms with Crippen molar-refractivity contribution in [1.82, 2.24) is 25.1 Å². The SMILES string of the molecule is CCN1CC(=O)N2[C@@H](Cc3ccc(O)cc3)C(=O)N([C@@H](C)c3ccccc3)C[C@@H]2N1C(=O)NCc1ccccc1. The van der Waals surface area contributed by atoms with Crippen LogP contribution in [0.2, 0.25) is 0 Å². The Morgan fingerprint density at radius 2 is 1.60 bits per heavy atom. The van der Waals surface area contributed by atoms with Crippen LogP contribution in [0, 0.1) is 0 Å². The van der Waals surface area contributed by atoms with Crippen LogP contribution in [0.15, 0.2) is 84.9 Å². The van der Waals surface area contributed by atoms with Crippen molar-refractivity contribution >= 4 is 17.8 Å². The second-order valence-corrected chi connectivity index (χ2v) is 10.2. The number of phenolic OH excluding ortho intramolecular Hbond substituents is 1. The van der Waals surface area contributed by atoms with Gasteiger partial charge in [-0.3, -0.25) is 9.59 Å². The summed E-state index contributed by atoms with van der Waals surface area (Å²) in [6.07, 6.45) is -0.409. The first-order valence-corrected chi connectivity index (χ1v) is 13.7. The first-order valence-electron chi connectivity index (χ1n) is 13.7. The number of amides is 4. The maximum atomic E-state index is 14.1. The fraction of sp³-hybridized carbons (Fsp3) is 0.323. The van der Waals surface area contributed by atoms with Crippen molar-refractivity contribution in [1.29, 1.82) is 0 Å². The van der Waals surface area contributed by atoms with E-state index in [1.165, 1.54) is 0 Å². The van der Waals surface area contributed by atoms with Crippen molar-refractivity contribution in [3.8, 4) is 5.75 Å². The quantitative estimate of drug-likeness (QED) is 0.477. The number of hydrogen-bond donors (Lipinski definition) is 2. The third kappa shape index (κ3) is 5.51. The summed E-state index contributed by atoms with van der Waals surface area (Å²) >= 11 is 0. The molecule has 2 fully saturated rings. The molecule has 0 aromatic heterocycles. The van der Waals surface area contributed by atoms with Crippen LogP contribution < -0.4 is 5.32 Å². The summed E-state index contributed by atoms with van der Waals surface area (Å²) < 4.78 is 0. The number of benzene rings is 3. The molecular weight excluding hydrogens is 506 g/mol. The van der Waals surface area contributed by atoms with E-state index in [4.69, 9.17) is 0 Å². The van der Waals surface area contributed by atoms with Gasteiger partial charge in [0.05, 0.1) is 19.1 Å². The van der Waals surface area contributed by atoms with E-state index in [1.807, 2.05) is 74.5 Å². The summed E-state index contributed by atoms with van der Waals surface area (Å²) in [6.45, 7) is 4.87. The van der Waals surface area contributed by atoms with Gasteiger partial charge < -0.3 is 20.2 Å². The van der Waals surface area contributed by atoms with Crippen LogP contribution in [0.5, 0.6) is 5.75 Å². The molecule has 0 aliphatic carbocycles. The number of rotatable bonds is 7. The molecule has 0 spiro atoms. The monoisotopic (exact) mass is 541 g/mol. The van der Waals surface area contributed by atoms with E-state index in [9.17, 15) is 19.5 Å². The van der Waals surface area contributed by atoms with Gasteiger partial charge in [-0.2, -0.15) is 0 Å². The lowest BCUT2D eigenvalue weighted by Gasteiger charge is -2.56. The van der Waals surface area contributed by atoms with Gasteiger partial charge in [-0.15, -0.1) is 0 Å². The molecule has 3 atom stereocenters. The Morgan fingerprint density at radius 3 is 2.25 bits per heavy atom.